The number of aromatic nitrogens is 1. The highest BCUT2D eigenvalue weighted by molar-refractivity contribution is 5.79. The van der Waals surface area contributed by atoms with E-state index in [4.69, 9.17) is 4.52 Å². The normalized spacial score (nSPS) is 12.6. The number of rotatable bonds is 8. The minimum atomic E-state index is -0.499. The largest absolute Gasteiger partial charge is 0.388 e. The van der Waals surface area contributed by atoms with Crippen LogP contribution in [-0.2, 0) is 6.54 Å². The number of aliphatic imine (C=N–C) groups is 1. The summed E-state index contributed by atoms with van der Waals surface area (Å²) in [7, 11) is 0. The lowest BCUT2D eigenvalue weighted by molar-refractivity contribution is 0.168. The van der Waals surface area contributed by atoms with E-state index in [1.54, 1.807) is 0 Å². The third-order valence-electron chi connectivity index (χ3n) is 4.26. The minimum absolute atomic E-state index is 0.410. The van der Waals surface area contributed by atoms with Gasteiger partial charge < -0.3 is 20.3 Å². The summed E-state index contributed by atoms with van der Waals surface area (Å²) < 4.78 is 5.41. The van der Waals surface area contributed by atoms with Gasteiger partial charge in [-0.05, 0) is 18.9 Å². The van der Waals surface area contributed by atoms with E-state index < -0.39 is 6.10 Å². The van der Waals surface area contributed by atoms with Gasteiger partial charge in [-0.1, -0.05) is 65.8 Å². The summed E-state index contributed by atoms with van der Waals surface area (Å²) in [4.78, 5) is 4.55. The standard InChI is InChI=1S/C22H26N4O2/c1-2-23-22(24-14-13-20(27)17-9-5-3-6-10-17)25-16-19-15-21(28-26-19)18-11-7-4-8-12-18/h3-12,15,20,27H,2,13-14,16H2,1H3,(H2,23,24,25). The number of aliphatic hydroxyl groups excluding tert-OH is 1. The summed E-state index contributed by atoms with van der Waals surface area (Å²) in [6, 6.07) is 21.4. The fourth-order valence-electron chi connectivity index (χ4n) is 2.80. The van der Waals surface area contributed by atoms with E-state index in [1.807, 2.05) is 73.7 Å². The van der Waals surface area contributed by atoms with Crippen molar-refractivity contribution in [1.29, 1.82) is 0 Å². The Bertz CT molecular complexity index is 863. The van der Waals surface area contributed by atoms with Crippen LogP contribution >= 0.6 is 0 Å². The number of benzene rings is 2. The van der Waals surface area contributed by atoms with Crippen LogP contribution in [0.4, 0.5) is 0 Å². The lowest BCUT2D eigenvalue weighted by Crippen LogP contribution is -2.38. The molecule has 2 aromatic carbocycles. The molecule has 0 radical (unpaired) electrons. The zero-order chi connectivity index (χ0) is 19.6. The number of guanidine groups is 1. The zero-order valence-electron chi connectivity index (χ0n) is 16.0. The third kappa shape index (κ3) is 5.69. The lowest BCUT2D eigenvalue weighted by Gasteiger charge is -2.14. The molecule has 28 heavy (non-hydrogen) atoms. The van der Waals surface area contributed by atoms with E-state index >= 15 is 0 Å². The van der Waals surface area contributed by atoms with Crippen molar-refractivity contribution in [3.63, 3.8) is 0 Å². The van der Waals surface area contributed by atoms with Crippen LogP contribution in [0.25, 0.3) is 11.3 Å². The van der Waals surface area contributed by atoms with Gasteiger partial charge >= 0.3 is 0 Å². The smallest absolute Gasteiger partial charge is 0.191 e. The zero-order valence-corrected chi connectivity index (χ0v) is 16.0. The van der Waals surface area contributed by atoms with Gasteiger partial charge in [-0.3, -0.25) is 0 Å². The Balaban J connectivity index is 1.53. The second-order valence-corrected chi connectivity index (χ2v) is 6.39. The molecule has 0 spiro atoms. The van der Waals surface area contributed by atoms with Crippen molar-refractivity contribution in [2.75, 3.05) is 13.1 Å². The Kier molecular flexibility index (Phi) is 7.21. The number of nitrogens with one attached hydrogen (secondary N) is 2. The topological polar surface area (TPSA) is 82.7 Å². The fourth-order valence-corrected chi connectivity index (χ4v) is 2.80. The van der Waals surface area contributed by atoms with Crippen molar-refractivity contribution in [3.8, 4) is 11.3 Å². The van der Waals surface area contributed by atoms with Crippen LogP contribution < -0.4 is 10.6 Å². The van der Waals surface area contributed by atoms with Crippen LogP contribution in [0.1, 0.15) is 30.7 Å². The van der Waals surface area contributed by atoms with Crippen LogP contribution in [0.15, 0.2) is 76.2 Å². The van der Waals surface area contributed by atoms with E-state index in [-0.39, 0.29) is 0 Å². The third-order valence-corrected chi connectivity index (χ3v) is 4.26. The first-order valence-electron chi connectivity index (χ1n) is 9.52. The highest BCUT2D eigenvalue weighted by Crippen LogP contribution is 2.20. The van der Waals surface area contributed by atoms with Gasteiger partial charge in [0.1, 0.15) is 5.69 Å². The molecule has 0 amide bonds. The summed E-state index contributed by atoms with van der Waals surface area (Å²) >= 11 is 0. The number of hydrogen-bond acceptors (Lipinski definition) is 4. The second kappa shape index (κ2) is 10.3. The molecule has 1 aromatic heterocycles. The summed E-state index contributed by atoms with van der Waals surface area (Å²) in [6.45, 7) is 3.78. The van der Waals surface area contributed by atoms with Gasteiger partial charge in [-0.15, -0.1) is 0 Å². The van der Waals surface area contributed by atoms with Crippen molar-refractivity contribution in [2.24, 2.45) is 4.99 Å². The Hall–Kier alpha value is -3.12. The number of hydrogen-bond donors (Lipinski definition) is 3. The lowest BCUT2D eigenvalue weighted by atomic mass is 10.1. The molecule has 6 nitrogen and oxygen atoms in total. The summed E-state index contributed by atoms with van der Waals surface area (Å²) in [5.74, 6) is 1.42. The molecule has 6 heteroatoms. The highest BCUT2D eigenvalue weighted by Gasteiger charge is 2.08. The van der Waals surface area contributed by atoms with Crippen LogP contribution in [0.2, 0.25) is 0 Å². The first kappa shape index (κ1) is 19.6. The summed E-state index contributed by atoms with van der Waals surface area (Å²) in [5.41, 5.74) is 2.67. The summed E-state index contributed by atoms with van der Waals surface area (Å²) in [5, 5.41) is 20.8. The monoisotopic (exact) mass is 378 g/mol. The van der Waals surface area contributed by atoms with Crippen LogP contribution in [-0.4, -0.2) is 29.3 Å². The van der Waals surface area contributed by atoms with Crippen LogP contribution in [0, 0.1) is 0 Å². The molecule has 3 aromatic rings. The molecule has 0 bridgehead atoms. The molecule has 0 saturated carbocycles. The molecule has 0 aliphatic rings. The Labute approximate surface area is 165 Å². The van der Waals surface area contributed by atoms with Crippen molar-refractivity contribution in [3.05, 3.63) is 78.0 Å². The average molecular weight is 378 g/mol. The molecule has 3 N–H and O–H groups in total. The molecule has 146 valence electrons. The molecule has 3 rings (SSSR count). The Morgan fingerprint density at radius 1 is 1.07 bits per heavy atom. The molecular weight excluding hydrogens is 352 g/mol. The van der Waals surface area contributed by atoms with Gasteiger partial charge in [0.15, 0.2) is 11.7 Å². The van der Waals surface area contributed by atoms with Crippen molar-refractivity contribution < 1.29 is 9.63 Å². The Morgan fingerprint density at radius 3 is 2.50 bits per heavy atom. The second-order valence-electron chi connectivity index (χ2n) is 6.39. The van der Waals surface area contributed by atoms with E-state index in [2.05, 4.69) is 20.8 Å². The maximum atomic E-state index is 10.3. The summed E-state index contributed by atoms with van der Waals surface area (Å²) in [6.07, 6.45) is 0.0943. The van der Waals surface area contributed by atoms with Gasteiger partial charge in [0.2, 0.25) is 0 Å². The molecular formula is C22H26N4O2. The Morgan fingerprint density at radius 2 is 1.79 bits per heavy atom. The molecule has 0 aliphatic heterocycles. The highest BCUT2D eigenvalue weighted by atomic mass is 16.5. The van der Waals surface area contributed by atoms with Crippen molar-refractivity contribution >= 4 is 5.96 Å². The number of nitrogens with zero attached hydrogens (tertiary/aromatic N) is 2. The predicted octanol–water partition coefficient (Wildman–Crippen LogP) is 3.52. The van der Waals surface area contributed by atoms with Crippen molar-refractivity contribution in [2.45, 2.75) is 26.0 Å². The molecule has 0 aliphatic carbocycles. The SMILES string of the molecule is CCNC(=NCc1cc(-c2ccccc2)on1)NCCC(O)c1ccccc1. The minimum Gasteiger partial charge on any atom is -0.388 e. The molecule has 1 heterocycles. The van der Waals surface area contributed by atoms with Gasteiger partial charge in [0.05, 0.1) is 12.6 Å². The number of aliphatic hydroxyl groups is 1. The van der Waals surface area contributed by atoms with E-state index in [0.29, 0.717) is 25.5 Å². The van der Waals surface area contributed by atoms with Gasteiger partial charge in [0.25, 0.3) is 0 Å². The van der Waals surface area contributed by atoms with E-state index in [0.717, 1.165) is 29.1 Å². The quantitative estimate of drug-likeness (QED) is 0.413. The first-order valence-corrected chi connectivity index (χ1v) is 9.52. The molecule has 1 unspecified atom stereocenters. The van der Waals surface area contributed by atoms with Crippen molar-refractivity contribution in [1.82, 2.24) is 15.8 Å². The van der Waals surface area contributed by atoms with Crippen LogP contribution in [0.5, 0.6) is 0 Å². The van der Waals surface area contributed by atoms with Gasteiger partial charge in [-0.2, -0.15) is 0 Å². The molecule has 1 atom stereocenters. The maximum absolute atomic E-state index is 10.3. The van der Waals surface area contributed by atoms with Gasteiger partial charge in [-0.25, -0.2) is 4.99 Å². The average Bonchev–Trinajstić information content (AvgIpc) is 3.22. The molecule has 0 saturated heterocycles. The molecule has 0 fully saturated rings. The van der Waals surface area contributed by atoms with Crippen LogP contribution in [0.3, 0.4) is 0 Å². The fraction of sp³-hybridized carbons (Fsp3) is 0.273. The van der Waals surface area contributed by atoms with Gasteiger partial charge in [0, 0.05) is 24.7 Å². The maximum Gasteiger partial charge on any atom is 0.191 e. The predicted molar refractivity (Wildman–Crippen MR) is 111 cm³/mol. The first-order chi connectivity index (χ1) is 13.8. The van der Waals surface area contributed by atoms with E-state index in [9.17, 15) is 5.11 Å². The van der Waals surface area contributed by atoms with E-state index in [1.165, 1.54) is 0 Å².